The van der Waals surface area contributed by atoms with Gasteiger partial charge in [0.25, 0.3) is 0 Å². The van der Waals surface area contributed by atoms with Gasteiger partial charge >= 0.3 is 12.1 Å². The number of ether oxygens (including phenoxy) is 1. The van der Waals surface area contributed by atoms with Crippen molar-refractivity contribution in [1.82, 2.24) is 14.9 Å². The van der Waals surface area contributed by atoms with Gasteiger partial charge in [0.1, 0.15) is 17.1 Å². The number of nitrogens with zero attached hydrogens (tertiary/aromatic N) is 3. The van der Waals surface area contributed by atoms with Crippen LogP contribution in [0, 0.1) is 5.82 Å². The maximum absolute atomic E-state index is 14.5. The zero-order chi connectivity index (χ0) is 26.4. The number of carbonyl (C=O) groups excluding carboxylic acids is 1. The summed E-state index contributed by atoms with van der Waals surface area (Å²) in [7, 11) is -2.62. The number of hydrogen-bond donors (Lipinski definition) is 0. The first-order chi connectivity index (χ1) is 16.8. The smallest absolute Gasteiger partial charge is 0.434 e. The highest BCUT2D eigenvalue weighted by atomic mass is 35.5. The number of methoxy groups -OCH3 is 1. The van der Waals surface area contributed by atoms with E-state index in [1.54, 1.807) is 0 Å². The second kappa shape index (κ2) is 9.06. The predicted molar refractivity (Wildman–Crippen MR) is 119 cm³/mol. The minimum Gasteiger partial charge on any atom is -0.465 e. The van der Waals surface area contributed by atoms with Crippen LogP contribution in [-0.4, -0.2) is 42.7 Å². The summed E-state index contributed by atoms with van der Waals surface area (Å²) < 4.78 is 90.9. The molecule has 0 fully saturated rings. The van der Waals surface area contributed by atoms with Crippen molar-refractivity contribution in [2.24, 2.45) is 0 Å². The van der Waals surface area contributed by atoms with Crippen LogP contribution in [0.15, 0.2) is 58.1 Å². The molecule has 0 amide bonds. The number of alkyl halides is 3. The number of hydrogen-bond acceptors (Lipinski definition) is 7. The summed E-state index contributed by atoms with van der Waals surface area (Å²) in [6.07, 6.45) is -3.29. The fourth-order valence-corrected chi connectivity index (χ4v) is 4.36. The lowest BCUT2D eigenvalue weighted by atomic mass is 10.0. The molecular weight excluding hydrogens is 530 g/mol. The van der Waals surface area contributed by atoms with Gasteiger partial charge in [-0.25, -0.2) is 22.3 Å². The molecule has 0 saturated carbocycles. The Bertz CT molecular complexity index is 1560. The molecule has 188 valence electrons. The number of rotatable bonds is 5. The van der Waals surface area contributed by atoms with Crippen LogP contribution in [0.5, 0.6) is 0 Å². The Labute approximate surface area is 206 Å². The van der Waals surface area contributed by atoms with Crippen LogP contribution in [0.3, 0.4) is 0 Å². The maximum Gasteiger partial charge on any atom is 0.434 e. The highest BCUT2D eigenvalue weighted by molar-refractivity contribution is 7.90. The summed E-state index contributed by atoms with van der Waals surface area (Å²) in [5, 5.41) is 7.23. The molecule has 36 heavy (non-hydrogen) atoms. The number of carbonyl (C=O) groups is 1. The minimum absolute atomic E-state index is 0.109. The quantitative estimate of drug-likeness (QED) is 0.252. The number of aromatic nitrogens is 3. The molecule has 0 aliphatic rings. The first-order valence-electron chi connectivity index (χ1n) is 9.83. The van der Waals surface area contributed by atoms with Gasteiger partial charge in [0, 0.05) is 6.26 Å². The lowest BCUT2D eigenvalue weighted by Crippen LogP contribution is -2.15. The topological polar surface area (TPSA) is 104 Å². The van der Waals surface area contributed by atoms with Crippen molar-refractivity contribution in [2.45, 2.75) is 11.1 Å². The molecule has 8 nitrogen and oxygen atoms in total. The number of benzene rings is 2. The molecule has 0 aliphatic carbocycles. The number of sulfone groups is 1. The van der Waals surface area contributed by atoms with Gasteiger partial charge < -0.3 is 9.26 Å². The molecule has 4 aromatic rings. The third kappa shape index (κ3) is 4.46. The Morgan fingerprint density at radius 1 is 1.14 bits per heavy atom. The third-order valence-electron chi connectivity index (χ3n) is 5.07. The fraction of sp³-hybridized carbons (Fsp3) is 0.136. The van der Waals surface area contributed by atoms with E-state index in [2.05, 4.69) is 10.3 Å². The van der Waals surface area contributed by atoms with Crippen molar-refractivity contribution in [3.63, 3.8) is 0 Å². The van der Waals surface area contributed by atoms with E-state index in [0.29, 0.717) is 4.68 Å². The normalized spacial score (nSPS) is 12.1. The third-order valence-corrected chi connectivity index (χ3v) is 6.52. The van der Waals surface area contributed by atoms with Crippen LogP contribution in [0.4, 0.5) is 17.6 Å². The SMILES string of the molecule is COC(=O)c1c(-c2c(F)cccc2Cl)noc1-c1cnn(-c2ccc(S(C)(=O)=O)cc2)c1C(F)(F)F. The monoisotopic (exact) mass is 543 g/mol. The van der Waals surface area contributed by atoms with Crippen LogP contribution >= 0.6 is 11.6 Å². The van der Waals surface area contributed by atoms with Crippen LogP contribution < -0.4 is 0 Å². The number of halogens is 5. The van der Waals surface area contributed by atoms with Crippen molar-refractivity contribution < 1.29 is 40.0 Å². The van der Waals surface area contributed by atoms with Gasteiger partial charge in [-0.15, -0.1) is 0 Å². The Kier molecular flexibility index (Phi) is 6.39. The van der Waals surface area contributed by atoms with E-state index < -0.39 is 56.1 Å². The first-order valence-corrected chi connectivity index (χ1v) is 12.1. The average molecular weight is 544 g/mol. The highest BCUT2D eigenvalue weighted by Gasteiger charge is 2.42. The van der Waals surface area contributed by atoms with Gasteiger partial charge in [0.15, 0.2) is 21.3 Å². The largest absolute Gasteiger partial charge is 0.465 e. The lowest BCUT2D eigenvalue weighted by Gasteiger charge is -2.13. The molecule has 0 saturated heterocycles. The van der Waals surface area contributed by atoms with E-state index in [1.165, 1.54) is 12.1 Å². The van der Waals surface area contributed by atoms with Crippen LogP contribution in [0.2, 0.25) is 5.02 Å². The molecule has 0 radical (unpaired) electrons. The van der Waals surface area contributed by atoms with E-state index in [9.17, 15) is 30.8 Å². The lowest BCUT2D eigenvalue weighted by molar-refractivity contribution is -0.142. The van der Waals surface area contributed by atoms with Gasteiger partial charge in [0.2, 0.25) is 0 Å². The molecule has 0 N–H and O–H groups in total. The number of esters is 1. The Hall–Kier alpha value is -3.71. The van der Waals surface area contributed by atoms with Gasteiger partial charge in [-0.05, 0) is 36.4 Å². The van der Waals surface area contributed by atoms with Crippen molar-refractivity contribution in [3.8, 4) is 28.3 Å². The summed E-state index contributed by atoms with van der Waals surface area (Å²) >= 11 is 6.06. The van der Waals surface area contributed by atoms with Crippen molar-refractivity contribution >= 4 is 27.4 Å². The minimum atomic E-state index is -5.03. The van der Waals surface area contributed by atoms with Gasteiger partial charge in [0.05, 0.1) is 40.0 Å². The molecule has 0 unspecified atom stereocenters. The molecule has 0 aliphatic heterocycles. The van der Waals surface area contributed by atoms with E-state index in [4.69, 9.17) is 20.9 Å². The highest BCUT2D eigenvalue weighted by Crippen LogP contribution is 2.43. The summed E-state index contributed by atoms with van der Waals surface area (Å²) in [6, 6.07) is 8.13. The zero-order valence-corrected chi connectivity index (χ0v) is 19.9. The fourth-order valence-electron chi connectivity index (χ4n) is 3.48. The predicted octanol–water partition coefficient (Wildman–Crippen LogP) is 5.20. The molecular formula is C22H14ClF4N3O5S. The molecule has 2 aromatic carbocycles. The molecule has 2 heterocycles. The molecule has 2 aromatic heterocycles. The van der Waals surface area contributed by atoms with Crippen molar-refractivity contribution in [1.29, 1.82) is 0 Å². The first kappa shape index (κ1) is 25.4. The molecule has 0 spiro atoms. The summed E-state index contributed by atoms with van der Waals surface area (Å²) in [6.45, 7) is 0. The zero-order valence-electron chi connectivity index (χ0n) is 18.3. The van der Waals surface area contributed by atoms with Crippen molar-refractivity contribution in [2.75, 3.05) is 13.4 Å². The molecule has 14 heteroatoms. The Morgan fingerprint density at radius 2 is 1.81 bits per heavy atom. The van der Waals surface area contributed by atoms with Crippen LogP contribution in [0.1, 0.15) is 16.1 Å². The molecule has 4 rings (SSSR count). The van der Waals surface area contributed by atoms with E-state index >= 15 is 0 Å². The molecule has 0 bridgehead atoms. The summed E-state index contributed by atoms with van der Waals surface area (Å²) in [5.74, 6) is -2.73. The van der Waals surface area contributed by atoms with Crippen molar-refractivity contribution in [3.05, 3.63) is 70.8 Å². The van der Waals surface area contributed by atoms with E-state index in [1.807, 2.05) is 0 Å². The van der Waals surface area contributed by atoms with E-state index in [-0.39, 0.29) is 21.2 Å². The second-order valence-electron chi connectivity index (χ2n) is 7.41. The Balaban J connectivity index is 1.97. The summed E-state index contributed by atoms with van der Waals surface area (Å²) in [5.41, 5.74) is -3.60. The standard InChI is InChI=1S/C22H14ClF4N3O5S/c1-34-21(31)17-18(16-14(23)4-3-5-15(16)24)29-35-19(17)13-10-28-30(20(13)22(25,26)27)11-6-8-12(9-7-11)36(2,32)33/h3-10H,1-2H3. The van der Waals surface area contributed by atoms with Gasteiger partial charge in [-0.2, -0.15) is 18.3 Å². The summed E-state index contributed by atoms with van der Waals surface area (Å²) in [4.78, 5) is 12.5. The average Bonchev–Trinajstić information content (AvgIpc) is 3.42. The van der Waals surface area contributed by atoms with Gasteiger partial charge in [-0.1, -0.05) is 22.8 Å². The van der Waals surface area contributed by atoms with Crippen LogP contribution in [-0.2, 0) is 20.8 Å². The Morgan fingerprint density at radius 3 is 2.36 bits per heavy atom. The maximum atomic E-state index is 14.5. The van der Waals surface area contributed by atoms with E-state index in [0.717, 1.165) is 49.9 Å². The van der Waals surface area contributed by atoms with Gasteiger partial charge in [-0.3, -0.25) is 0 Å². The second-order valence-corrected chi connectivity index (χ2v) is 9.83. The molecule has 0 atom stereocenters. The van der Waals surface area contributed by atoms with Crippen LogP contribution in [0.25, 0.3) is 28.3 Å².